The van der Waals surface area contributed by atoms with Crippen LogP contribution in [0, 0.1) is 0 Å². The summed E-state index contributed by atoms with van der Waals surface area (Å²) >= 11 is 7.37. The molecule has 0 atom stereocenters. The Morgan fingerprint density at radius 2 is 2.06 bits per heavy atom. The number of carbonyl (C=O) groups is 2. The van der Waals surface area contributed by atoms with Crippen molar-refractivity contribution in [3.8, 4) is 23.0 Å². The number of halogens is 1. The number of hydrogen-bond acceptors (Lipinski definition) is 8. The Balaban J connectivity index is 1.34. The predicted molar refractivity (Wildman–Crippen MR) is 113 cm³/mol. The van der Waals surface area contributed by atoms with Crippen molar-refractivity contribution in [2.24, 2.45) is 0 Å². The number of nitrogens with zero attached hydrogens (tertiary/aromatic N) is 6. The third kappa shape index (κ3) is 3.80. The first-order chi connectivity index (χ1) is 15.1. The van der Waals surface area contributed by atoms with Crippen LogP contribution in [0.1, 0.15) is 10.5 Å². The lowest BCUT2D eigenvalue weighted by Crippen LogP contribution is -2.44. The molecule has 0 radical (unpaired) electrons. The number of benzene rings is 1. The number of thiophene rings is 1. The summed E-state index contributed by atoms with van der Waals surface area (Å²) < 4.78 is 6.80. The highest BCUT2D eigenvalue weighted by Gasteiger charge is 2.33. The number of aromatic nitrogens is 5. The lowest BCUT2D eigenvalue weighted by Gasteiger charge is -2.26. The predicted octanol–water partition coefficient (Wildman–Crippen LogP) is 2.80. The number of hydrogen-bond donors (Lipinski definition) is 1. The molecule has 2 amide bonds. The van der Waals surface area contributed by atoms with Crippen molar-refractivity contribution in [3.05, 3.63) is 51.8 Å². The van der Waals surface area contributed by atoms with Gasteiger partial charge >= 0.3 is 0 Å². The van der Waals surface area contributed by atoms with Crippen LogP contribution in [0.15, 0.2) is 45.6 Å². The van der Waals surface area contributed by atoms with Crippen molar-refractivity contribution in [1.29, 1.82) is 0 Å². The highest BCUT2D eigenvalue weighted by atomic mass is 35.5. The third-order valence-electron chi connectivity index (χ3n) is 4.68. The Kier molecular flexibility index (Phi) is 4.96. The van der Waals surface area contributed by atoms with Gasteiger partial charge in [0.25, 0.3) is 11.8 Å². The van der Waals surface area contributed by atoms with E-state index in [1.165, 1.54) is 20.9 Å². The summed E-state index contributed by atoms with van der Waals surface area (Å²) in [4.78, 5) is 31.3. The number of rotatable bonds is 5. The van der Waals surface area contributed by atoms with Crippen molar-refractivity contribution in [3.63, 3.8) is 0 Å². The summed E-state index contributed by atoms with van der Waals surface area (Å²) in [6, 6.07) is 8.60. The van der Waals surface area contributed by atoms with E-state index >= 15 is 0 Å². The second kappa shape index (κ2) is 7.93. The van der Waals surface area contributed by atoms with E-state index in [1.54, 1.807) is 24.3 Å². The molecule has 0 aliphatic carbocycles. The smallest absolute Gasteiger partial charge is 0.281 e. The summed E-state index contributed by atoms with van der Waals surface area (Å²) in [5, 5.41) is 19.2. The topological polar surface area (TPSA) is 119 Å². The van der Waals surface area contributed by atoms with E-state index in [2.05, 4.69) is 25.8 Å². The van der Waals surface area contributed by atoms with Crippen molar-refractivity contribution in [2.75, 3.05) is 18.4 Å². The Morgan fingerprint density at radius 3 is 2.84 bits per heavy atom. The zero-order chi connectivity index (χ0) is 21.4. The molecule has 0 saturated carbocycles. The molecule has 1 N–H and O–H groups in total. The average Bonchev–Trinajstić information content (AvgIpc) is 3.51. The van der Waals surface area contributed by atoms with Crippen LogP contribution < -0.4 is 5.32 Å². The van der Waals surface area contributed by atoms with Gasteiger partial charge in [0, 0.05) is 28.2 Å². The molecule has 0 bridgehead atoms. The number of carbonyl (C=O) groups excluding carboxylic acids is 2. The van der Waals surface area contributed by atoms with Crippen LogP contribution in [0.3, 0.4) is 0 Å². The summed E-state index contributed by atoms with van der Waals surface area (Å²) in [6.07, 6.45) is 0. The Hall–Kier alpha value is -3.57. The second-order valence-electron chi connectivity index (χ2n) is 6.73. The monoisotopic (exact) mass is 455 g/mol. The maximum atomic E-state index is 13.1. The van der Waals surface area contributed by atoms with Crippen LogP contribution in [-0.4, -0.2) is 54.9 Å². The quantitative estimate of drug-likeness (QED) is 0.491. The molecule has 1 aliphatic rings. The molecule has 0 spiro atoms. The number of nitrogens with one attached hydrogen (secondary N) is 1. The van der Waals surface area contributed by atoms with Crippen LogP contribution in [0.2, 0.25) is 5.02 Å². The number of amides is 2. The normalized spacial score (nSPS) is 13.3. The largest absolute Gasteiger partial charge is 0.332 e. The highest BCUT2D eigenvalue weighted by Crippen LogP contribution is 2.26. The maximum Gasteiger partial charge on any atom is 0.281 e. The lowest BCUT2D eigenvalue weighted by molar-refractivity contribution is -0.117. The van der Waals surface area contributed by atoms with Gasteiger partial charge in [-0.05, 0) is 35.7 Å². The van der Waals surface area contributed by atoms with Gasteiger partial charge in [-0.15, -0.1) is 5.10 Å². The van der Waals surface area contributed by atoms with Crippen molar-refractivity contribution >= 4 is 40.4 Å². The molecule has 0 saturated heterocycles. The molecule has 10 nitrogen and oxygen atoms in total. The molecular formula is C19H14ClN7O3S. The van der Waals surface area contributed by atoms with Gasteiger partial charge in [0.05, 0.1) is 6.54 Å². The highest BCUT2D eigenvalue weighted by molar-refractivity contribution is 7.08. The Labute approximate surface area is 184 Å². The molecule has 3 aromatic heterocycles. The standard InChI is InChI=1S/C19H14ClN7O3S/c20-12-1-3-13(4-2-12)21-14(28)9-26-6-7-27-16(19(26)29)15(23-25-27)18-22-17(24-30-18)11-5-8-31-10-11/h1-5,8,10H,6-7,9H2,(H,21,28). The molecule has 12 heteroatoms. The van der Waals surface area contributed by atoms with Gasteiger partial charge in [-0.2, -0.15) is 16.3 Å². The van der Waals surface area contributed by atoms with Crippen LogP contribution in [0.25, 0.3) is 23.0 Å². The zero-order valence-electron chi connectivity index (χ0n) is 15.9. The van der Waals surface area contributed by atoms with E-state index in [4.69, 9.17) is 16.1 Å². The van der Waals surface area contributed by atoms with Crippen LogP contribution in [0.5, 0.6) is 0 Å². The molecule has 1 aromatic carbocycles. The second-order valence-corrected chi connectivity index (χ2v) is 7.94. The molecule has 4 heterocycles. The van der Waals surface area contributed by atoms with Gasteiger partial charge in [0.15, 0.2) is 11.4 Å². The molecule has 156 valence electrons. The summed E-state index contributed by atoms with van der Waals surface area (Å²) in [7, 11) is 0. The Bertz CT molecular complexity index is 1250. The van der Waals surface area contributed by atoms with E-state index in [9.17, 15) is 9.59 Å². The van der Waals surface area contributed by atoms with Crippen molar-refractivity contribution in [1.82, 2.24) is 30.0 Å². The minimum Gasteiger partial charge on any atom is -0.332 e. The molecule has 0 unspecified atom stereocenters. The Morgan fingerprint density at radius 1 is 1.23 bits per heavy atom. The minimum atomic E-state index is -0.382. The van der Waals surface area contributed by atoms with Gasteiger partial charge in [-0.25, -0.2) is 4.68 Å². The van der Waals surface area contributed by atoms with Crippen molar-refractivity contribution in [2.45, 2.75) is 6.54 Å². The fourth-order valence-corrected chi connectivity index (χ4v) is 3.94. The van der Waals surface area contributed by atoms with E-state index in [0.29, 0.717) is 29.6 Å². The SMILES string of the molecule is O=C(CN1CCn2nnc(-c3nc(-c4ccsc4)no3)c2C1=O)Nc1ccc(Cl)cc1. The summed E-state index contributed by atoms with van der Waals surface area (Å²) in [5.41, 5.74) is 1.82. The van der Waals surface area contributed by atoms with Gasteiger partial charge in [-0.1, -0.05) is 22.0 Å². The van der Waals surface area contributed by atoms with Gasteiger partial charge in [0.1, 0.15) is 6.54 Å². The molecule has 0 fully saturated rings. The van der Waals surface area contributed by atoms with E-state index in [1.807, 2.05) is 16.8 Å². The molecule has 31 heavy (non-hydrogen) atoms. The van der Waals surface area contributed by atoms with E-state index in [-0.39, 0.29) is 35.6 Å². The van der Waals surface area contributed by atoms with Crippen LogP contribution in [-0.2, 0) is 11.3 Å². The fourth-order valence-electron chi connectivity index (χ4n) is 3.18. The van der Waals surface area contributed by atoms with Gasteiger partial charge in [-0.3, -0.25) is 9.59 Å². The summed E-state index contributed by atoms with van der Waals surface area (Å²) in [6.45, 7) is 0.608. The van der Waals surface area contributed by atoms with Gasteiger partial charge in [0.2, 0.25) is 11.7 Å². The minimum absolute atomic E-state index is 0.100. The molecule has 5 rings (SSSR count). The average molecular weight is 456 g/mol. The van der Waals surface area contributed by atoms with Gasteiger partial charge < -0.3 is 14.7 Å². The first-order valence-electron chi connectivity index (χ1n) is 9.23. The van der Waals surface area contributed by atoms with E-state index in [0.717, 1.165) is 5.56 Å². The first kappa shape index (κ1) is 19.4. The lowest BCUT2D eigenvalue weighted by atomic mass is 10.2. The maximum absolute atomic E-state index is 13.1. The van der Waals surface area contributed by atoms with Crippen molar-refractivity contribution < 1.29 is 14.1 Å². The van der Waals surface area contributed by atoms with E-state index < -0.39 is 0 Å². The zero-order valence-corrected chi connectivity index (χ0v) is 17.4. The fraction of sp³-hybridized carbons (Fsp3) is 0.158. The number of fused-ring (bicyclic) bond motifs is 1. The number of anilines is 1. The molecular weight excluding hydrogens is 442 g/mol. The molecule has 1 aliphatic heterocycles. The van der Waals surface area contributed by atoms with Crippen LogP contribution >= 0.6 is 22.9 Å². The molecule has 4 aromatic rings. The van der Waals surface area contributed by atoms with Crippen LogP contribution in [0.4, 0.5) is 5.69 Å². The summed E-state index contributed by atoms with van der Waals surface area (Å²) in [5.74, 6) is -0.202. The first-order valence-corrected chi connectivity index (χ1v) is 10.6. The third-order valence-corrected chi connectivity index (χ3v) is 5.61.